The molecule has 10 nitrogen and oxygen atoms in total. The van der Waals surface area contributed by atoms with Crippen molar-refractivity contribution in [3.05, 3.63) is 77.9 Å². The van der Waals surface area contributed by atoms with Crippen LogP contribution in [0.15, 0.2) is 71.6 Å². The maximum Gasteiger partial charge on any atom is 0.328 e. The number of sulfonamides is 1. The molecule has 1 aliphatic rings. The number of methoxy groups -OCH3 is 1. The van der Waals surface area contributed by atoms with Crippen molar-refractivity contribution in [1.29, 1.82) is 0 Å². The topological polar surface area (TPSA) is 134 Å². The third-order valence-electron chi connectivity index (χ3n) is 6.14. The highest BCUT2D eigenvalue weighted by Crippen LogP contribution is 2.38. The van der Waals surface area contributed by atoms with Gasteiger partial charge in [-0.25, -0.2) is 13.2 Å². The first-order valence-electron chi connectivity index (χ1n) is 12.2. The van der Waals surface area contributed by atoms with Crippen LogP contribution in [0.2, 0.25) is 0 Å². The molecule has 4 amide bonds. The third-order valence-corrected chi connectivity index (χ3v) is 7.54. The number of anilines is 3. The number of amides is 4. The Morgan fingerprint density at radius 3 is 2.21 bits per heavy atom. The van der Waals surface area contributed by atoms with Crippen molar-refractivity contribution < 1.29 is 27.5 Å². The molecule has 0 aliphatic carbocycles. The van der Waals surface area contributed by atoms with Gasteiger partial charge in [0.05, 0.1) is 17.6 Å². The summed E-state index contributed by atoms with van der Waals surface area (Å²) in [5.74, 6) is -0.469. The van der Waals surface area contributed by atoms with Crippen LogP contribution < -0.4 is 25.0 Å². The Hall–Kier alpha value is -4.38. The second-order valence-electron chi connectivity index (χ2n) is 10.0. The van der Waals surface area contributed by atoms with Gasteiger partial charge < -0.3 is 10.1 Å². The number of ether oxygens (including phenoxy) is 1. The van der Waals surface area contributed by atoms with Crippen molar-refractivity contribution in [3.63, 3.8) is 0 Å². The van der Waals surface area contributed by atoms with Gasteiger partial charge in [0.1, 0.15) is 5.75 Å². The largest absolute Gasteiger partial charge is 0.496 e. The highest BCUT2D eigenvalue weighted by atomic mass is 32.2. The zero-order valence-electron chi connectivity index (χ0n) is 22.1. The molecule has 3 N–H and O–H groups in total. The van der Waals surface area contributed by atoms with Gasteiger partial charge in [-0.2, -0.15) is 0 Å². The van der Waals surface area contributed by atoms with E-state index in [4.69, 9.17) is 4.74 Å². The molecule has 3 aromatic rings. The molecule has 39 heavy (non-hydrogen) atoms. The van der Waals surface area contributed by atoms with Crippen LogP contribution in [0.1, 0.15) is 43.1 Å². The van der Waals surface area contributed by atoms with Gasteiger partial charge in [-0.1, -0.05) is 39.0 Å². The summed E-state index contributed by atoms with van der Waals surface area (Å²) in [6, 6.07) is 17.0. The average Bonchev–Trinajstić information content (AvgIpc) is 2.89. The first-order chi connectivity index (χ1) is 18.4. The van der Waals surface area contributed by atoms with E-state index in [2.05, 4.69) is 15.4 Å². The summed E-state index contributed by atoms with van der Waals surface area (Å²) in [7, 11) is -2.28. The lowest BCUT2D eigenvalue weighted by atomic mass is 9.84. The van der Waals surface area contributed by atoms with E-state index in [1.54, 1.807) is 54.6 Å². The summed E-state index contributed by atoms with van der Waals surface area (Å²) < 4.78 is 33.3. The molecular weight excluding hydrogens is 520 g/mol. The lowest BCUT2D eigenvalue weighted by Crippen LogP contribution is -2.49. The number of nitrogens with one attached hydrogen (secondary N) is 3. The predicted octanol–water partition coefficient (Wildman–Crippen LogP) is 4.49. The summed E-state index contributed by atoms with van der Waals surface area (Å²) in [5, 5.41) is 5.11. The summed E-state index contributed by atoms with van der Waals surface area (Å²) in [6.45, 7) is 6.07. The van der Waals surface area contributed by atoms with Gasteiger partial charge in [0.25, 0.3) is 15.9 Å². The number of hydrogen-bond donors (Lipinski definition) is 3. The Labute approximate surface area is 227 Å². The minimum Gasteiger partial charge on any atom is -0.496 e. The number of benzene rings is 3. The van der Waals surface area contributed by atoms with Gasteiger partial charge in [0.15, 0.2) is 0 Å². The standard InChI is InChI=1S/C28H30N4O6S/c1-28(2,3)23-17-20(32-15-14-24(33)30-27(32)35)16-22(25(23)38-4)26(34)29-18-10-12-19(13-11-18)31-39(36,37)21-8-6-5-7-9-21/h5-13,16-17,31H,14-15H2,1-4H3,(H,29,34)(H,30,33,35). The lowest BCUT2D eigenvalue weighted by Gasteiger charge is -2.30. The molecule has 0 aromatic heterocycles. The molecule has 4 rings (SSSR count). The number of nitrogens with zero attached hydrogens (tertiary/aromatic N) is 1. The average molecular weight is 551 g/mol. The van der Waals surface area contributed by atoms with Gasteiger partial charge in [-0.15, -0.1) is 0 Å². The highest BCUT2D eigenvalue weighted by Gasteiger charge is 2.30. The molecule has 204 valence electrons. The molecule has 11 heteroatoms. The van der Waals surface area contributed by atoms with Crippen LogP contribution in [0.4, 0.5) is 21.9 Å². The van der Waals surface area contributed by atoms with Crippen LogP contribution >= 0.6 is 0 Å². The van der Waals surface area contributed by atoms with E-state index in [1.165, 1.54) is 24.1 Å². The van der Waals surface area contributed by atoms with Crippen LogP contribution in [0.5, 0.6) is 5.75 Å². The number of hydrogen-bond acceptors (Lipinski definition) is 6. The van der Waals surface area contributed by atoms with Crippen molar-refractivity contribution in [2.75, 3.05) is 28.6 Å². The molecular formula is C28H30N4O6S. The van der Waals surface area contributed by atoms with E-state index < -0.39 is 27.4 Å². The maximum absolute atomic E-state index is 13.5. The molecule has 1 saturated heterocycles. The van der Waals surface area contributed by atoms with Crippen LogP contribution in [-0.4, -0.2) is 39.9 Å². The molecule has 0 spiro atoms. The second kappa shape index (κ2) is 10.8. The fraction of sp³-hybridized carbons (Fsp3) is 0.250. The van der Waals surface area contributed by atoms with Crippen LogP contribution in [0.25, 0.3) is 0 Å². The number of carbonyl (C=O) groups excluding carboxylic acids is 3. The quantitative estimate of drug-likeness (QED) is 0.397. The van der Waals surface area contributed by atoms with Gasteiger partial charge in [-0.05, 0) is 53.9 Å². The Balaban J connectivity index is 1.61. The van der Waals surface area contributed by atoms with Crippen LogP contribution in [0.3, 0.4) is 0 Å². The van der Waals surface area contributed by atoms with Crippen molar-refractivity contribution in [2.45, 2.75) is 37.5 Å². The summed E-state index contributed by atoms with van der Waals surface area (Å²) in [6.07, 6.45) is 0.143. The Morgan fingerprint density at radius 1 is 0.974 bits per heavy atom. The number of rotatable bonds is 7. The SMILES string of the molecule is COc1c(C(=O)Nc2ccc(NS(=O)(=O)c3ccccc3)cc2)cc(N2CCC(=O)NC2=O)cc1C(C)(C)C. The summed E-state index contributed by atoms with van der Waals surface area (Å²) >= 11 is 0. The van der Waals surface area contributed by atoms with Gasteiger partial charge >= 0.3 is 6.03 Å². The number of imide groups is 1. The van der Waals surface area contributed by atoms with E-state index in [0.29, 0.717) is 28.4 Å². The number of urea groups is 1. The Bertz CT molecular complexity index is 1510. The third kappa shape index (κ3) is 6.20. The number of carbonyl (C=O) groups is 3. The van der Waals surface area contributed by atoms with E-state index in [1.807, 2.05) is 20.8 Å². The molecule has 0 unspecified atom stereocenters. The van der Waals surface area contributed by atoms with Gasteiger partial charge in [0, 0.05) is 35.6 Å². The highest BCUT2D eigenvalue weighted by molar-refractivity contribution is 7.92. The smallest absolute Gasteiger partial charge is 0.328 e. The second-order valence-corrected chi connectivity index (χ2v) is 11.7. The van der Waals surface area contributed by atoms with Crippen LogP contribution in [0, 0.1) is 0 Å². The summed E-state index contributed by atoms with van der Waals surface area (Å²) in [4.78, 5) is 39.2. The maximum atomic E-state index is 13.5. The van der Waals surface area contributed by atoms with E-state index >= 15 is 0 Å². The Morgan fingerprint density at radius 2 is 1.62 bits per heavy atom. The minimum atomic E-state index is -3.76. The zero-order valence-corrected chi connectivity index (χ0v) is 22.9. The first kappa shape index (κ1) is 27.6. The van der Waals surface area contributed by atoms with Crippen LogP contribution in [-0.2, 0) is 20.2 Å². The normalized spacial score (nSPS) is 14.0. The summed E-state index contributed by atoms with van der Waals surface area (Å²) in [5.41, 5.74) is 1.70. The minimum absolute atomic E-state index is 0.135. The molecule has 0 bridgehead atoms. The van der Waals surface area contributed by atoms with E-state index in [0.717, 1.165) is 0 Å². The molecule has 3 aromatic carbocycles. The predicted molar refractivity (Wildman–Crippen MR) is 149 cm³/mol. The molecule has 0 saturated carbocycles. The molecule has 0 atom stereocenters. The van der Waals surface area contributed by atoms with Gasteiger partial charge in [0.2, 0.25) is 5.91 Å². The molecule has 1 heterocycles. The molecule has 1 aliphatic heterocycles. The first-order valence-corrected chi connectivity index (χ1v) is 13.7. The fourth-order valence-corrected chi connectivity index (χ4v) is 5.24. The van der Waals surface area contributed by atoms with Crippen molar-refractivity contribution >= 4 is 44.9 Å². The van der Waals surface area contributed by atoms with Crippen molar-refractivity contribution in [1.82, 2.24) is 5.32 Å². The molecule has 0 radical (unpaired) electrons. The van der Waals surface area contributed by atoms with Gasteiger partial charge in [-0.3, -0.25) is 24.5 Å². The monoisotopic (exact) mass is 550 g/mol. The van der Waals surface area contributed by atoms with Crippen molar-refractivity contribution in [3.8, 4) is 5.75 Å². The Kier molecular flexibility index (Phi) is 7.64. The molecule has 1 fully saturated rings. The van der Waals surface area contributed by atoms with Crippen molar-refractivity contribution in [2.24, 2.45) is 0 Å². The fourth-order valence-electron chi connectivity index (χ4n) is 4.16. The van der Waals surface area contributed by atoms with E-state index in [9.17, 15) is 22.8 Å². The lowest BCUT2D eigenvalue weighted by molar-refractivity contribution is -0.120. The van der Waals surface area contributed by atoms with E-state index in [-0.39, 0.29) is 29.3 Å². The zero-order chi connectivity index (χ0) is 28.4.